The van der Waals surface area contributed by atoms with Gasteiger partial charge in [-0.05, 0) is 12.5 Å². The second-order valence-corrected chi connectivity index (χ2v) is 3.79. The summed E-state index contributed by atoms with van der Waals surface area (Å²) >= 11 is 0. The van der Waals surface area contributed by atoms with E-state index in [1.807, 2.05) is 19.1 Å². The first-order chi connectivity index (χ1) is 5.40. The molecule has 2 N–H and O–H groups in total. The Morgan fingerprint density at radius 2 is 1.83 bits per heavy atom. The molecule has 0 rings (SSSR count). The highest BCUT2D eigenvalue weighted by Gasteiger charge is 2.16. The van der Waals surface area contributed by atoms with Crippen molar-refractivity contribution in [1.29, 1.82) is 0 Å². The molecule has 0 aliphatic heterocycles. The minimum atomic E-state index is -0.00799. The molecule has 0 fully saturated rings. The molecular weight excluding hydrogens is 146 g/mol. The maximum Gasteiger partial charge on any atom is 0.00146 e. The molecule has 0 aliphatic rings. The van der Waals surface area contributed by atoms with Crippen LogP contribution in [-0.2, 0) is 0 Å². The summed E-state index contributed by atoms with van der Waals surface area (Å²) in [6.07, 6.45) is 3.94. The summed E-state index contributed by atoms with van der Waals surface area (Å²) in [5.74, 6) is 0. The maximum atomic E-state index is 5.60. The zero-order valence-corrected chi connectivity index (χ0v) is 8.35. The molecule has 12 heavy (non-hydrogen) atoms. The summed E-state index contributed by atoms with van der Waals surface area (Å²) in [5, 5.41) is 0. The van der Waals surface area contributed by atoms with E-state index in [-0.39, 0.29) is 5.41 Å². The van der Waals surface area contributed by atoms with E-state index in [4.69, 9.17) is 5.73 Å². The fraction of sp³-hybridized carbons (Fsp3) is 0.455. The number of rotatable bonds is 4. The Morgan fingerprint density at radius 3 is 2.17 bits per heavy atom. The zero-order valence-electron chi connectivity index (χ0n) is 8.35. The van der Waals surface area contributed by atoms with Crippen LogP contribution in [-0.4, -0.2) is 6.54 Å². The molecular formula is C11H19N. The van der Waals surface area contributed by atoms with Crippen LogP contribution in [0.25, 0.3) is 0 Å². The summed E-state index contributed by atoms with van der Waals surface area (Å²) in [6, 6.07) is 0. The fourth-order valence-electron chi connectivity index (χ4n) is 0.600. The van der Waals surface area contributed by atoms with Crippen molar-refractivity contribution in [3.8, 4) is 0 Å². The molecule has 0 aromatic carbocycles. The Bertz CT molecular complexity index is 209. The van der Waals surface area contributed by atoms with Crippen LogP contribution in [0.4, 0.5) is 0 Å². The quantitative estimate of drug-likeness (QED) is 0.637. The Kier molecular flexibility index (Phi) is 3.98. The van der Waals surface area contributed by atoms with Gasteiger partial charge in [0.1, 0.15) is 0 Å². The number of hydrogen-bond donors (Lipinski definition) is 1. The van der Waals surface area contributed by atoms with E-state index in [0.717, 1.165) is 11.1 Å². The molecule has 0 aromatic rings. The van der Waals surface area contributed by atoms with Crippen LogP contribution in [0.5, 0.6) is 0 Å². The Balaban J connectivity index is 4.32. The molecule has 0 bridgehead atoms. The molecule has 0 unspecified atom stereocenters. The van der Waals surface area contributed by atoms with E-state index in [0.29, 0.717) is 6.54 Å². The average Bonchev–Trinajstić information content (AvgIpc) is 2.00. The third-order valence-electron chi connectivity index (χ3n) is 1.95. The van der Waals surface area contributed by atoms with Crippen molar-refractivity contribution in [1.82, 2.24) is 0 Å². The molecule has 68 valence electrons. The van der Waals surface area contributed by atoms with Crippen LogP contribution in [0, 0.1) is 5.41 Å². The van der Waals surface area contributed by atoms with Gasteiger partial charge >= 0.3 is 0 Å². The van der Waals surface area contributed by atoms with Gasteiger partial charge < -0.3 is 5.73 Å². The van der Waals surface area contributed by atoms with Crippen LogP contribution in [0.2, 0.25) is 0 Å². The van der Waals surface area contributed by atoms with Crippen molar-refractivity contribution < 1.29 is 0 Å². The lowest BCUT2D eigenvalue weighted by Gasteiger charge is -2.22. The molecule has 0 amide bonds. The first-order valence-electron chi connectivity index (χ1n) is 4.13. The van der Waals surface area contributed by atoms with E-state index in [2.05, 4.69) is 27.0 Å². The van der Waals surface area contributed by atoms with Crippen LogP contribution in [0.3, 0.4) is 0 Å². The van der Waals surface area contributed by atoms with Gasteiger partial charge in [-0.1, -0.05) is 44.7 Å². The molecule has 0 radical (unpaired) electrons. The number of hydrogen-bond acceptors (Lipinski definition) is 1. The minimum Gasteiger partial charge on any atom is -0.330 e. The van der Waals surface area contributed by atoms with E-state index in [9.17, 15) is 0 Å². The van der Waals surface area contributed by atoms with Crippen molar-refractivity contribution in [3.63, 3.8) is 0 Å². The molecule has 0 atom stereocenters. The van der Waals surface area contributed by atoms with Gasteiger partial charge in [-0.25, -0.2) is 0 Å². The predicted octanol–water partition coefficient (Wildman–Crippen LogP) is 2.66. The summed E-state index contributed by atoms with van der Waals surface area (Å²) in [6.45, 7) is 14.5. The third kappa shape index (κ3) is 3.54. The van der Waals surface area contributed by atoms with Crippen molar-refractivity contribution in [2.24, 2.45) is 11.1 Å². The van der Waals surface area contributed by atoms with Crippen LogP contribution < -0.4 is 5.73 Å². The van der Waals surface area contributed by atoms with Crippen molar-refractivity contribution in [3.05, 3.63) is 36.5 Å². The van der Waals surface area contributed by atoms with E-state index in [1.165, 1.54) is 0 Å². The average molecular weight is 165 g/mol. The summed E-state index contributed by atoms with van der Waals surface area (Å²) in [4.78, 5) is 0. The lowest BCUT2D eigenvalue weighted by atomic mass is 9.85. The normalized spacial score (nSPS) is 12.0. The first-order valence-corrected chi connectivity index (χ1v) is 4.13. The van der Waals surface area contributed by atoms with E-state index in [1.54, 1.807) is 0 Å². The van der Waals surface area contributed by atoms with Gasteiger partial charge in [0.2, 0.25) is 0 Å². The summed E-state index contributed by atoms with van der Waals surface area (Å²) in [5.41, 5.74) is 7.67. The molecule has 0 heterocycles. The minimum absolute atomic E-state index is 0.00799. The van der Waals surface area contributed by atoms with Crippen molar-refractivity contribution in [2.75, 3.05) is 6.54 Å². The molecule has 0 saturated heterocycles. The lowest BCUT2D eigenvalue weighted by Crippen LogP contribution is -2.24. The first kappa shape index (κ1) is 11.2. The van der Waals surface area contributed by atoms with Gasteiger partial charge in [0, 0.05) is 12.0 Å². The standard InChI is InChI=1S/C11H19N/c1-9(2)6-7-10(3)11(4,5)8-12/h6-7H,1,3,8,12H2,2,4-5H3/b7-6-. The van der Waals surface area contributed by atoms with Gasteiger partial charge in [0.25, 0.3) is 0 Å². The molecule has 0 aliphatic carbocycles. The second-order valence-electron chi connectivity index (χ2n) is 3.79. The van der Waals surface area contributed by atoms with Gasteiger partial charge in [0.15, 0.2) is 0 Å². The molecule has 0 aromatic heterocycles. The summed E-state index contributed by atoms with van der Waals surface area (Å²) in [7, 11) is 0. The zero-order chi connectivity index (χ0) is 9.78. The largest absolute Gasteiger partial charge is 0.330 e. The van der Waals surface area contributed by atoms with Gasteiger partial charge in [-0.15, -0.1) is 0 Å². The predicted molar refractivity (Wildman–Crippen MR) is 55.9 cm³/mol. The molecule has 0 spiro atoms. The lowest BCUT2D eigenvalue weighted by molar-refractivity contribution is 0.473. The second kappa shape index (κ2) is 4.27. The molecule has 1 nitrogen and oxygen atoms in total. The maximum absolute atomic E-state index is 5.60. The topological polar surface area (TPSA) is 26.0 Å². The fourth-order valence-corrected chi connectivity index (χ4v) is 0.600. The van der Waals surface area contributed by atoms with Crippen molar-refractivity contribution in [2.45, 2.75) is 20.8 Å². The van der Waals surface area contributed by atoms with Crippen LogP contribution in [0.1, 0.15) is 20.8 Å². The SMILES string of the molecule is C=C(C)/C=C\C(=C)C(C)(C)CN. The van der Waals surface area contributed by atoms with E-state index < -0.39 is 0 Å². The highest BCUT2D eigenvalue weighted by molar-refractivity contribution is 5.27. The smallest absolute Gasteiger partial charge is 0.00146 e. The third-order valence-corrected chi connectivity index (χ3v) is 1.95. The highest BCUT2D eigenvalue weighted by atomic mass is 14.6. The van der Waals surface area contributed by atoms with Gasteiger partial charge in [-0.3, -0.25) is 0 Å². The number of nitrogens with two attached hydrogens (primary N) is 1. The Labute approximate surface area is 75.7 Å². The van der Waals surface area contributed by atoms with Crippen molar-refractivity contribution >= 4 is 0 Å². The monoisotopic (exact) mass is 165 g/mol. The number of allylic oxidation sites excluding steroid dienone is 3. The Morgan fingerprint density at radius 1 is 1.33 bits per heavy atom. The summed E-state index contributed by atoms with van der Waals surface area (Å²) < 4.78 is 0. The van der Waals surface area contributed by atoms with E-state index >= 15 is 0 Å². The highest BCUT2D eigenvalue weighted by Crippen LogP contribution is 2.24. The van der Waals surface area contributed by atoms with Gasteiger partial charge in [-0.2, -0.15) is 0 Å². The Hall–Kier alpha value is -0.820. The molecule has 1 heteroatoms. The van der Waals surface area contributed by atoms with Crippen LogP contribution >= 0.6 is 0 Å². The van der Waals surface area contributed by atoms with Gasteiger partial charge in [0.05, 0.1) is 0 Å². The molecule has 0 saturated carbocycles. The van der Waals surface area contributed by atoms with Crippen LogP contribution in [0.15, 0.2) is 36.5 Å².